The number of carbonyl (C=O) groups is 1. The summed E-state index contributed by atoms with van der Waals surface area (Å²) in [5, 5.41) is 14.7. The van der Waals surface area contributed by atoms with Gasteiger partial charge in [0.1, 0.15) is 12.4 Å². The zero-order valence-corrected chi connectivity index (χ0v) is 14.9. The molecule has 7 heteroatoms. The van der Waals surface area contributed by atoms with Gasteiger partial charge >= 0.3 is 0 Å². The van der Waals surface area contributed by atoms with Gasteiger partial charge in [-0.25, -0.2) is 4.39 Å². The molecule has 1 amide bonds. The lowest BCUT2D eigenvalue weighted by molar-refractivity contribution is -0.117. The van der Waals surface area contributed by atoms with Gasteiger partial charge in [0.05, 0.1) is 0 Å². The first-order valence-electron chi connectivity index (χ1n) is 8.25. The first kappa shape index (κ1) is 17.7. The third-order valence-electron chi connectivity index (χ3n) is 3.87. The van der Waals surface area contributed by atoms with Gasteiger partial charge < -0.3 is 5.32 Å². The molecule has 134 valence electrons. The number of tetrazole rings is 1. The number of benzene rings is 2. The molecule has 0 atom stereocenters. The second-order valence-corrected chi connectivity index (χ2v) is 7.03. The number of nitrogens with one attached hydrogen (secondary N) is 1. The van der Waals surface area contributed by atoms with E-state index >= 15 is 0 Å². The number of carbonyl (C=O) groups excluding carboxylic acids is 1. The summed E-state index contributed by atoms with van der Waals surface area (Å²) in [5.74, 6) is -0.248. The molecule has 2 aromatic carbocycles. The van der Waals surface area contributed by atoms with E-state index in [9.17, 15) is 9.18 Å². The van der Waals surface area contributed by atoms with Crippen molar-refractivity contribution in [2.75, 3.05) is 5.32 Å². The first-order valence-corrected chi connectivity index (χ1v) is 8.25. The minimum atomic E-state index is -0.335. The number of amides is 1. The second kappa shape index (κ2) is 7.03. The minimum Gasteiger partial charge on any atom is -0.324 e. The van der Waals surface area contributed by atoms with Gasteiger partial charge in [0, 0.05) is 11.3 Å². The van der Waals surface area contributed by atoms with E-state index in [1.807, 2.05) is 24.3 Å². The fourth-order valence-corrected chi connectivity index (χ4v) is 2.41. The molecular formula is C19H20FN5O. The zero-order chi connectivity index (χ0) is 18.7. The highest BCUT2D eigenvalue weighted by Gasteiger charge is 2.14. The topological polar surface area (TPSA) is 72.7 Å². The molecule has 0 saturated heterocycles. The summed E-state index contributed by atoms with van der Waals surface area (Å²) in [4.78, 5) is 13.4. The van der Waals surface area contributed by atoms with Crippen LogP contribution in [0, 0.1) is 5.82 Å². The van der Waals surface area contributed by atoms with Crippen molar-refractivity contribution in [2.45, 2.75) is 32.7 Å². The largest absolute Gasteiger partial charge is 0.324 e. The van der Waals surface area contributed by atoms with Crippen molar-refractivity contribution in [3.8, 4) is 11.4 Å². The maximum absolute atomic E-state index is 13.0. The Bertz CT molecular complexity index is 895. The van der Waals surface area contributed by atoms with E-state index in [1.165, 1.54) is 22.5 Å². The Morgan fingerprint density at radius 2 is 1.73 bits per heavy atom. The van der Waals surface area contributed by atoms with E-state index in [0.717, 1.165) is 0 Å². The number of hydrogen-bond acceptors (Lipinski definition) is 4. The molecule has 1 heterocycles. The van der Waals surface area contributed by atoms with E-state index in [2.05, 4.69) is 41.5 Å². The van der Waals surface area contributed by atoms with E-state index in [1.54, 1.807) is 12.1 Å². The average molecular weight is 353 g/mol. The summed E-state index contributed by atoms with van der Waals surface area (Å²) in [6, 6.07) is 13.5. The summed E-state index contributed by atoms with van der Waals surface area (Å²) < 4.78 is 13.0. The van der Waals surface area contributed by atoms with Gasteiger partial charge in [-0.15, -0.1) is 10.2 Å². The Labute approximate surface area is 151 Å². The van der Waals surface area contributed by atoms with Crippen molar-refractivity contribution in [1.82, 2.24) is 20.2 Å². The number of hydrogen-bond donors (Lipinski definition) is 1. The van der Waals surface area contributed by atoms with Crippen LogP contribution in [0.25, 0.3) is 11.4 Å². The Balaban J connectivity index is 1.62. The van der Waals surface area contributed by atoms with E-state index < -0.39 is 0 Å². The molecule has 0 saturated carbocycles. The van der Waals surface area contributed by atoms with Gasteiger partial charge in [-0.3, -0.25) is 4.79 Å². The predicted molar refractivity (Wildman–Crippen MR) is 97.0 cm³/mol. The van der Waals surface area contributed by atoms with Gasteiger partial charge in [0.25, 0.3) is 0 Å². The summed E-state index contributed by atoms with van der Waals surface area (Å²) in [6.45, 7) is 6.34. The fourth-order valence-electron chi connectivity index (χ4n) is 2.41. The molecule has 6 nitrogen and oxygen atoms in total. The molecule has 1 N–H and O–H groups in total. The van der Waals surface area contributed by atoms with Gasteiger partial charge in [0.15, 0.2) is 0 Å². The number of anilines is 1. The molecular weight excluding hydrogens is 333 g/mol. The van der Waals surface area contributed by atoms with Crippen LogP contribution in [0.4, 0.5) is 10.1 Å². The van der Waals surface area contributed by atoms with Crippen LogP contribution >= 0.6 is 0 Å². The molecule has 1 aromatic heterocycles. The van der Waals surface area contributed by atoms with Crippen LogP contribution in [0.5, 0.6) is 0 Å². The molecule has 0 bridgehead atoms. The van der Waals surface area contributed by atoms with Crippen molar-refractivity contribution >= 4 is 11.6 Å². The predicted octanol–water partition coefficient (Wildman–Crippen LogP) is 3.42. The van der Waals surface area contributed by atoms with Crippen LogP contribution in [0.2, 0.25) is 0 Å². The van der Waals surface area contributed by atoms with E-state index in [4.69, 9.17) is 0 Å². The van der Waals surface area contributed by atoms with Crippen LogP contribution in [0.15, 0.2) is 48.5 Å². The first-order chi connectivity index (χ1) is 12.3. The maximum atomic E-state index is 13.0. The molecule has 0 aliphatic carbocycles. The van der Waals surface area contributed by atoms with E-state index in [-0.39, 0.29) is 23.7 Å². The molecule has 0 fully saturated rings. The van der Waals surface area contributed by atoms with Crippen molar-refractivity contribution in [1.29, 1.82) is 0 Å². The Morgan fingerprint density at radius 3 is 2.35 bits per heavy atom. The monoisotopic (exact) mass is 353 g/mol. The van der Waals surface area contributed by atoms with Crippen LogP contribution in [0.1, 0.15) is 26.3 Å². The summed E-state index contributed by atoms with van der Waals surface area (Å²) in [6.07, 6.45) is 0. The van der Waals surface area contributed by atoms with Crippen LogP contribution in [-0.2, 0) is 16.8 Å². The van der Waals surface area contributed by atoms with Crippen LogP contribution < -0.4 is 5.32 Å². The standard InChI is InChI=1S/C19H20FN5O/c1-19(2,3)14-6-10-16(11-7-14)21-17(26)12-25-23-18(22-24-25)13-4-8-15(20)9-5-13/h4-11H,12H2,1-3H3,(H,21,26). The molecule has 0 aliphatic rings. The summed E-state index contributed by atoms with van der Waals surface area (Å²) in [7, 11) is 0. The SMILES string of the molecule is CC(C)(C)c1ccc(NC(=O)Cn2nnc(-c3ccc(F)cc3)n2)cc1. The van der Waals surface area contributed by atoms with Crippen molar-refractivity contribution in [3.63, 3.8) is 0 Å². The van der Waals surface area contributed by atoms with E-state index in [0.29, 0.717) is 17.1 Å². The third kappa shape index (κ3) is 4.30. The van der Waals surface area contributed by atoms with Crippen molar-refractivity contribution in [3.05, 3.63) is 59.9 Å². The molecule has 0 spiro atoms. The highest BCUT2D eigenvalue weighted by Crippen LogP contribution is 2.23. The van der Waals surface area contributed by atoms with Crippen LogP contribution in [0.3, 0.4) is 0 Å². The summed E-state index contributed by atoms with van der Waals surface area (Å²) >= 11 is 0. The van der Waals surface area contributed by atoms with Gasteiger partial charge in [0.2, 0.25) is 11.7 Å². The van der Waals surface area contributed by atoms with Crippen molar-refractivity contribution < 1.29 is 9.18 Å². The van der Waals surface area contributed by atoms with Crippen LogP contribution in [-0.4, -0.2) is 26.1 Å². The maximum Gasteiger partial charge on any atom is 0.248 e. The lowest BCUT2D eigenvalue weighted by atomic mass is 9.87. The molecule has 0 radical (unpaired) electrons. The average Bonchev–Trinajstić information content (AvgIpc) is 3.03. The molecule has 0 unspecified atom stereocenters. The second-order valence-electron chi connectivity index (χ2n) is 7.03. The highest BCUT2D eigenvalue weighted by molar-refractivity contribution is 5.90. The van der Waals surface area contributed by atoms with Gasteiger partial charge in [-0.2, -0.15) is 4.80 Å². The Morgan fingerprint density at radius 1 is 1.08 bits per heavy atom. The number of nitrogens with zero attached hydrogens (tertiary/aromatic N) is 4. The Hall–Kier alpha value is -3.09. The highest BCUT2D eigenvalue weighted by atomic mass is 19.1. The molecule has 3 aromatic rings. The fraction of sp³-hybridized carbons (Fsp3) is 0.263. The lowest BCUT2D eigenvalue weighted by Gasteiger charge is -2.19. The smallest absolute Gasteiger partial charge is 0.248 e. The summed E-state index contributed by atoms with van der Waals surface area (Å²) in [5.41, 5.74) is 2.60. The number of halogens is 1. The van der Waals surface area contributed by atoms with Crippen molar-refractivity contribution in [2.24, 2.45) is 0 Å². The molecule has 26 heavy (non-hydrogen) atoms. The number of rotatable bonds is 4. The molecule has 3 rings (SSSR count). The Kier molecular flexibility index (Phi) is 4.79. The quantitative estimate of drug-likeness (QED) is 0.780. The third-order valence-corrected chi connectivity index (χ3v) is 3.87. The van der Waals surface area contributed by atoms with Gasteiger partial charge in [-0.1, -0.05) is 32.9 Å². The normalized spacial score (nSPS) is 11.4. The lowest BCUT2D eigenvalue weighted by Crippen LogP contribution is -2.20. The molecule has 0 aliphatic heterocycles. The minimum absolute atomic E-state index is 0.0595. The van der Waals surface area contributed by atoms with Gasteiger partial charge in [-0.05, 0) is 52.6 Å². The zero-order valence-electron chi connectivity index (χ0n) is 14.9. The number of aromatic nitrogens is 4.